The lowest BCUT2D eigenvalue weighted by Gasteiger charge is -2.09. The molecule has 0 aromatic carbocycles. The van der Waals surface area contributed by atoms with Gasteiger partial charge in [0, 0.05) is 19.3 Å². The summed E-state index contributed by atoms with van der Waals surface area (Å²) in [4.78, 5) is 11.9. The third kappa shape index (κ3) is 4.92. The fraction of sp³-hybridized carbons (Fsp3) is 0.455. The highest BCUT2D eigenvalue weighted by atomic mass is 19.4. The number of hydrogen-bond donors (Lipinski definition) is 2. The number of ether oxygens (including phenoxy) is 1. The van der Waals surface area contributed by atoms with Crippen LogP contribution in [0.2, 0.25) is 0 Å². The van der Waals surface area contributed by atoms with Crippen LogP contribution in [0, 0.1) is 0 Å². The Kier molecular flexibility index (Phi) is 5.56. The van der Waals surface area contributed by atoms with Gasteiger partial charge in [0.1, 0.15) is 6.61 Å². The summed E-state index contributed by atoms with van der Waals surface area (Å²) in [5.74, 6) is -0.322. The zero-order chi connectivity index (χ0) is 15.2. The molecule has 0 saturated heterocycles. The van der Waals surface area contributed by atoms with Crippen LogP contribution in [0.5, 0.6) is 0 Å². The molecule has 0 amide bonds. The van der Waals surface area contributed by atoms with Crippen LogP contribution in [-0.4, -0.2) is 35.0 Å². The van der Waals surface area contributed by atoms with Crippen molar-refractivity contribution < 1.29 is 23.1 Å². The van der Waals surface area contributed by atoms with E-state index in [4.69, 9.17) is 10.9 Å². The highest BCUT2D eigenvalue weighted by Gasteiger charge is 2.27. The SMILES string of the molecule is N/C(=N/O)c1cccn(CCCOCC(F)(F)F)c1=O. The second kappa shape index (κ2) is 6.94. The molecule has 0 aliphatic heterocycles. The Morgan fingerprint density at radius 2 is 2.20 bits per heavy atom. The lowest BCUT2D eigenvalue weighted by Crippen LogP contribution is -2.30. The van der Waals surface area contributed by atoms with Crippen molar-refractivity contribution in [1.82, 2.24) is 4.57 Å². The topological polar surface area (TPSA) is 89.8 Å². The Morgan fingerprint density at radius 3 is 2.80 bits per heavy atom. The zero-order valence-electron chi connectivity index (χ0n) is 10.4. The smallest absolute Gasteiger partial charge is 0.409 e. The summed E-state index contributed by atoms with van der Waals surface area (Å²) >= 11 is 0. The van der Waals surface area contributed by atoms with E-state index in [1.165, 1.54) is 22.9 Å². The van der Waals surface area contributed by atoms with Gasteiger partial charge in [0.25, 0.3) is 5.56 Å². The first-order valence-electron chi connectivity index (χ1n) is 5.67. The molecule has 9 heteroatoms. The number of halogens is 3. The van der Waals surface area contributed by atoms with E-state index in [1.54, 1.807) is 0 Å². The quantitative estimate of drug-likeness (QED) is 0.268. The van der Waals surface area contributed by atoms with Crippen molar-refractivity contribution in [3.63, 3.8) is 0 Å². The average Bonchev–Trinajstić information content (AvgIpc) is 2.38. The molecule has 0 fully saturated rings. The van der Waals surface area contributed by atoms with E-state index in [1.807, 2.05) is 0 Å². The van der Waals surface area contributed by atoms with Crippen LogP contribution in [0.4, 0.5) is 13.2 Å². The summed E-state index contributed by atoms with van der Waals surface area (Å²) in [5, 5.41) is 11.2. The maximum atomic E-state index is 11.9. The molecule has 1 rings (SSSR count). The van der Waals surface area contributed by atoms with Crippen LogP contribution in [0.3, 0.4) is 0 Å². The van der Waals surface area contributed by atoms with Gasteiger partial charge >= 0.3 is 6.18 Å². The van der Waals surface area contributed by atoms with Gasteiger partial charge < -0.3 is 20.2 Å². The predicted octanol–water partition coefficient (Wildman–Crippen LogP) is 0.912. The molecule has 1 aromatic rings. The number of amidine groups is 1. The van der Waals surface area contributed by atoms with Gasteiger partial charge in [-0.05, 0) is 18.6 Å². The van der Waals surface area contributed by atoms with Crippen molar-refractivity contribution in [2.24, 2.45) is 10.9 Å². The average molecular weight is 293 g/mol. The molecule has 0 atom stereocenters. The number of nitrogens with two attached hydrogens (primary N) is 1. The zero-order valence-corrected chi connectivity index (χ0v) is 10.4. The monoisotopic (exact) mass is 293 g/mol. The molecule has 1 heterocycles. The largest absolute Gasteiger partial charge is 0.411 e. The van der Waals surface area contributed by atoms with Crippen LogP contribution in [0.1, 0.15) is 12.0 Å². The third-order valence-electron chi connectivity index (χ3n) is 2.36. The highest BCUT2D eigenvalue weighted by molar-refractivity contribution is 5.96. The first-order valence-corrected chi connectivity index (χ1v) is 5.67. The number of aryl methyl sites for hydroxylation is 1. The molecule has 1 aromatic heterocycles. The molecule has 0 bridgehead atoms. The van der Waals surface area contributed by atoms with Gasteiger partial charge in [-0.15, -0.1) is 0 Å². The van der Waals surface area contributed by atoms with Crippen molar-refractivity contribution in [3.05, 3.63) is 34.2 Å². The highest BCUT2D eigenvalue weighted by Crippen LogP contribution is 2.14. The van der Waals surface area contributed by atoms with Crippen LogP contribution in [-0.2, 0) is 11.3 Å². The Balaban J connectivity index is 2.55. The van der Waals surface area contributed by atoms with Gasteiger partial charge in [-0.2, -0.15) is 13.2 Å². The van der Waals surface area contributed by atoms with E-state index >= 15 is 0 Å². The van der Waals surface area contributed by atoms with Crippen LogP contribution < -0.4 is 11.3 Å². The molecule has 3 N–H and O–H groups in total. The number of rotatable bonds is 6. The molecular formula is C11H14F3N3O3. The summed E-state index contributed by atoms with van der Waals surface area (Å²) < 4.78 is 41.1. The van der Waals surface area contributed by atoms with Gasteiger partial charge in [-0.3, -0.25) is 4.79 Å². The molecule has 112 valence electrons. The number of aromatic nitrogens is 1. The lowest BCUT2D eigenvalue weighted by molar-refractivity contribution is -0.174. The minimum Gasteiger partial charge on any atom is -0.409 e. The van der Waals surface area contributed by atoms with Gasteiger partial charge in [-0.1, -0.05) is 5.16 Å². The minimum atomic E-state index is -4.36. The third-order valence-corrected chi connectivity index (χ3v) is 2.36. The summed E-state index contributed by atoms with van der Waals surface area (Å²) in [6.07, 6.45) is -2.67. The fourth-order valence-corrected chi connectivity index (χ4v) is 1.49. The van der Waals surface area contributed by atoms with Crippen LogP contribution in [0.15, 0.2) is 28.3 Å². The number of oxime groups is 1. The molecular weight excluding hydrogens is 279 g/mol. The fourth-order valence-electron chi connectivity index (χ4n) is 1.49. The van der Waals surface area contributed by atoms with Crippen molar-refractivity contribution >= 4 is 5.84 Å². The maximum absolute atomic E-state index is 11.9. The number of nitrogens with zero attached hydrogens (tertiary/aromatic N) is 2. The summed E-state index contributed by atoms with van der Waals surface area (Å²) in [6.45, 7) is -1.27. The standard InChI is InChI=1S/C11H14F3N3O3/c12-11(13,14)7-20-6-2-5-17-4-1-3-8(10(17)18)9(15)16-19/h1,3-4,19H,2,5-7H2,(H2,15,16). The summed E-state index contributed by atoms with van der Waals surface area (Å²) in [5.41, 5.74) is 4.86. The maximum Gasteiger partial charge on any atom is 0.411 e. The van der Waals surface area contributed by atoms with Crippen molar-refractivity contribution in [3.8, 4) is 0 Å². The molecule has 0 unspecified atom stereocenters. The van der Waals surface area contributed by atoms with Gasteiger partial charge in [0.05, 0.1) is 5.56 Å². The minimum absolute atomic E-state index is 0.0196. The van der Waals surface area contributed by atoms with Crippen molar-refractivity contribution in [1.29, 1.82) is 0 Å². The normalized spacial score (nSPS) is 12.7. The Morgan fingerprint density at radius 1 is 1.50 bits per heavy atom. The first kappa shape index (κ1) is 16.0. The Labute approximate surface area is 112 Å². The van der Waals surface area contributed by atoms with E-state index < -0.39 is 18.3 Å². The van der Waals surface area contributed by atoms with Crippen LogP contribution in [0.25, 0.3) is 0 Å². The Hall–Kier alpha value is -2.03. The van der Waals surface area contributed by atoms with Gasteiger partial charge in [0.2, 0.25) is 0 Å². The predicted molar refractivity (Wildman–Crippen MR) is 64.7 cm³/mol. The van der Waals surface area contributed by atoms with Crippen molar-refractivity contribution in [2.75, 3.05) is 13.2 Å². The molecule has 20 heavy (non-hydrogen) atoms. The van der Waals surface area contributed by atoms with Gasteiger partial charge in [0.15, 0.2) is 5.84 Å². The van der Waals surface area contributed by atoms with E-state index in [-0.39, 0.29) is 31.0 Å². The van der Waals surface area contributed by atoms with E-state index in [0.717, 1.165) is 0 Å². The summed E-state index contributed by atoms with van der Waals surface area (Å²) in [6, 6.07) is 2.90. The van der Waals surface area contributed by atoms with E-state index in [0.29, 0.717) is 0 Å². The molecule has 0 aliphatic rings. The number of alkyl halides is 3. The molecule has 0 spiro atoms. The first-order chi connectivity index (χ1) is 9.35. The van der Waals surface area contributed by atoms with E-state index in [9.17, 15) is 18.0 Å². The summed E-state index contributed by atoms with van der Waals surface area (Å²) in [7, 11) is 0. The lowest BCUT2D eigenvalue weighted by atomic mass is 10.2. The molecule has 6 nitrogen and oxygen atoms in total. The van der Waals surface area contributed by atoms with Crippen LogP contribution >= 0.6 is 0 Å². The Bertz CT molecular complexity index is 526. The van der Waals surface area contributed by atoms with Crippen molar-refractivity contribution in [2.45, 2.75) is 19.1 Å². The molecule has 0 saturated carbocycles. The molecule has 0 radical (unpaired) electrons. The van der Waals surface area contributed by atoms with E-state index in [2.05, 4.69) is 9.89 Å². The number of hydrogen-bond acceptors (Lipinski definition) is 4. The number of pyridine rings is 1. The second-order valence-corrected chi connectivity index (χ2v) is 3.93. The molecule has 0 aliphatic carbocycles. The second-order valence-electron chi connectivity index (χ2n) is 3.93. The van der Waals surface area contributed by atoms with Gasteiger partial charge in [-0.25, -0.2) is 0 Å².